The van der Waals surface area contributed by atoms with E-state index in [1.165, 1.54) is 0 Å². The largest absolute Gasteiger partial charge is 0.373 e. The van der Waals surface area contributed by atoms with Crippen LogP contribution < -0.4 is 11.1 Å². The lowest BCUT2D eigenvalue weighted by molar-refractivity contribution is -0.126. The van der Waals surface area contributed by atoms with Crippen molar-refractivity contribution >= 4 is 5.91 Å². The fourth-order valence-corrected chi connectivity index (χ4v) is 2.49. The van der Waals surface area contributed by atoms with Crippen LogP contribution in [0.25, 0.3) is 0 Å². The summed E-state index contributed by atoms with van der Waals surface area (Å²) in [5.74, 6) is -0.129. The second kappa shape index (κ2) is 6.87. The van der Waals surface area contributed by atoms with Crippen LogP contribution >= 0.6 is 0 Å². The van der Waals surface area contributed by atoms with Crippen molar-refractivity contribution in [1.82, 2.24) is 10.2 Å². The first kappa shape index (κ1) is 17.4. The second-order valence-corrected chi connectivity index (χ2v) is 6.84. The van der Waals surface area contributed by atoms with Crippen molar-refractivity contribution in [1.29, 1.82) is 0 Å². The Labute approximate surface area is 123 Å². The summed E-state index contributed by atoms with van der Waals surface area (Å²) in [4.78, 5) is 14.4. The molecule has 0 saturated carbocycles. The van der Waals surface area contributed by atoms with Gasteiger partial charge in [-0.15, -0.1) is 0 Å². The Morgan fingerprint density at radius 1 is 1.35 bits per heavy atom. The van der Waals surface area contributed by atoms with Gasteiger partial charge in [0.05, 0.1) is 12.2 Å². The number of nitrogens with one attached hydrogen (secondary N) is 1. The van der Waals surface area contributed by atoms with Crippen molar-refractivity contribution in [3.8, 4) is 0 Å². The summed E-state index contributed by atoms with van der Waals surface area (Å²) in [5, 5.41) is 3.03. The molecule has 1 aliphatic heterocycles. The van der Waals surface area contributed by atoms with Gasteiger partial charge in [-0.3, -0.25) is 9.69 Å². The maximum absolute atomic E-state index is 12.0. The molecule has 1 rings (SSSR count). The average Bonchev–Trinajstić information content (AvgIpc) is 2.33. The predicted octanol–water partition coefficient (Wildman–Crippen LogP) is 0.974. The minimum atomic E-state index is -0.159. The topological polar surface area (TPSA) is 67.6 Å². The molecule has 5 nitrogen and oxygen atoms in total. The van der Waals surface area contributed by atoms with E-state index >= 15 is 0 Å². The molecule has 0 aromatic carbocycles. The van der Waals surface area contributed by atoms with Gasteiger partial charge in [0, 0.05) is 37.1 Å². The van der Waals surface area contributed by atoms with Crippen LogP contribution in [0.15, 0.2) is 0 Å². The quantitative estimate of drug-likeness (QED) is 0.790. The van der Waals surface area contributed by atoms with E-state index in [-0.39, 0.29) is 35.6 Å². The maximum Gasteiger partial charge on any atom is 0.224 e. The van der Waals surface area contributed by atoms with Crippen molar-refractivity contribution in [2.45, 2.75) is 65.3 Å². The van der Waals surface area contributed by atoms with Gasteiger partial charge in [0.1, 0.15) is 0 Å². The van der Waals surface area contributed by atoms with Gasteiger partial charge < -0.3 is 15.8 Å². The lowest BCUT2D eigenvalue weighted by Gasteiger charge is -2.45. The van der Waals surface area contributed by atoms with E-state index in [1.54, 1.807) is 0 Å². The van der Waals surface area contributed by atoms with E-state index in [0.717, 1.165) is 13.1 Å². The minimum absolute atomic E-state index is 0.0300. The molecular weight excluding hydrogens is 254 g/mol. The van der Waals surface area contributed by atoms with Gasteiger partial charge in [0.25, 0.3) is 0 Å². The summed E-state index contributed by atoms with van der Waals surface area (Å²) in [6, 6.07) is -0.124. The van der Waals surface area contributed by atoms with Crippen LogP contribution in [-0.2, 0) is 9.53 Å². The molecule has 0 radical (unpaired) electrons. The van der Waals surface area contributed by atoms with Crippen LogP contribution in [0.2, 0.25) is 0 Å². The highest BCUT2D eigenvalue weighted by Crippen LogP contribution is 2.20. The molecule has 4 unspecified atom stereocenters. The monoisotopic (exact) mass is 285 g/mol. The fourth-order valence-electron chi connectivity index (χ4n) is 2.49. The number of nitrogens with two attached hydrogens (primary N) is 1. The lowest BCUT2D eigenvalue weighted by atomic mass is 9.98. The van der Waals surface area contributed by atoms with Gasteiger partial charge in [-0.1, -0.05) is 6.92 Å². The Hall–Kier alpha value is -0.650. The van der Waals surface area contributed by atoms with Crippen LogP contribution in [0, 0.1) is 5.92 Å². The highest BCUT2D eigenvalue weighted by molar-refractivity contribution is 5.79. The SMILES string of the molecule is CC1CN(C(C)(C)CNC(=O)C(C)C(C)N)CC(C)O1. The Morgan fingerprint density at radius 3 is 2.30 bits per heavy atom. The zero-order valence-corrected chi connectivity index (χ0v) is 13.8. The molecule has 3 N–H and O–H groups in total. The number of carbonyl (C=O) groups is 1. The third kappa shape index (κ3) is 4.72. The third-order valence-corrected chi connectivity index (χ3v) is 4.17. The van der Waals surface area contributed by atoms with E-state index < -0.39 is 0 Å². The van der Waals surface area contributed by atoms with Crippen molar-refractivity contribution in [2.24, 2.45) is 11.7 Å². The molecule has 1 amide bonds. The van der Waals surface area contributed by atoms with Gasteiger partial charge in [-0.25, -0.2) is 0 Å². The van der Waals surface area contributed by atoms with E-state index in [9.17, 15) is 4.79 Å². The van der Waals surface area contributed by atoms with Crippen LogP contribution in [0.4, 0.5) is 0 Å². The van der Waals surface area contributed by atoms with Gasteiger partial charge in [-0.05, 0) is 34.6 Å². The van der Waals surface area contributed by atoms with Crippen molar-refractivity contribution in [3.05, 3.63) is 0 Å². The first-order valence-electron chi connectivity index (χ1n) is 7.57. The molecule has 0 aromatic rings. The number of ether oxygens (including phenoxy) is 1. The van der Waals surface area contributed by atoms with Gasteiger partial charge in [0.2, 0.25) is 5.91 Å². The second-order valence-electron chi connectivity index (χ2n) is 6.84. The zero-order chi connectivity index (χ0) is 15.5. The van der Waals surface area contributed by atoms with Crippen molar-refractivity contribution in [2.75, 3.05) is 19.6 Å². The standard InChI is InChI=1S/C15H31N3O2/c1-10-7-18(8-11(2)20-10)15(5,6)9-17-14(19)12(3)13(4)16/h10-13H,7-9,16H2,1-6H3,(H,17,19). The molecule has 0 aliphatic carbocycles. The number of amides is 1. The summed E-state index contributed by atoms with van der Waals surface area (Å²) >= 11 is 0. The van der Waals surface area contributed by atoms with E-state index in [0.29, 0.717) is 6.54 Å². The Morgan fingerprint density at radius 2 is 1.85 bits per heavy atom. The van der Waals surface area contributed by atoms with Gasteiger partial charge in [-0.2, -0.15) is 0 Å². The molecule has 118 valence electrons. The highest BCUT2D eigenvalue weighted by Gasteiger charge is 2.33. The minimum Gasteiger partial charge on any atom is -0.373 e. The lowest BCUT2D eigenvalue weighted by Crippen LogP contribution is -2.59. The molecule has 4 atom stereocenters. The van der Waals surface area contributed by atoms with Crippen molar-refractivity contribution in [3.63, 3.8) is 0 Å². The Kier molecular flexibility index (Phi) is 5.98. The molecule has 1 heterocycles. The summed E-state index contributed by atoms with van der Waals surface area (Å²) < 4.78 is 5.76. The normalized spacial score (nSPS) is 27.9. The number of nitrogens with zero attached hydrogens (tertiary/aromatic N) is 1. The highest BCUT2D eigenvalue weighted by atomic mass is 16.5. The molecule has 0 bridgehead atoms. The zero-order valence-electron chi connectivity index (χ0n) is 13.8. The van der Waals surface area contributed by atoms with Crippen LogP contribution in [-0.4, -0.2) is 54.2 Å². The Bertz CT molecular complexity index is 321. The van der Waals surface area contributed by atoms with E-state index in [2.05, 4.69) is 37.9 Å². The fraction of sp³-hybridized carbons (Fsp3) is 0.933. The molecule has 1 saturated heterocycles. The third-order valence-electron chi connectivity index (χ3n) is 4.17. The average molecular weight is 285 g/mol. The molecule has 1 fully saturated rings. The summed E-state index contributed by atoms with van der Waals surface area (Å²) in [5.41, 5.74) is 5.68. The van der Waals surface area contributed by atoms with Crippen LogP contribution in [0.3, 0.4) is 0 Å². The number of carbonyl (C=O) groups excluding carboxylic acids is 1. The molecule has 5 heteroatoms. The van der Waals surface area contributed by atoms with Crippen LogP contribution in [0.1, 0.15) is 41.5 Å². The summed E-state index contributed by atoms with van der Waals surface area (Å²) in [6.07, 6.45) is 0.466. The maximum atomic E-state index is 12.0. The number of rotatable bonds is 5. The summed E-state index contributed by atoms with van der Waals surface area (Å²) in [6.45, 7) is 14.7. The molecule has 1 aliphatic rings. The van der Waals surface area contributed by atoms with Crippen LogP contribution in [0.5, 0.6) is 0 Å². The first-order valence-corrected chi connectivity index (χ1v) is 7.57. The van der Waals surface area contributed by atoms with Crippen molar-refractivity contribution < 1.29 is 9.53 Å². The number of hydrogen-bond acceptors (Lipinski definition) is 4. The molecule has 0 spiro atoms. The summed E-state index contributed by atoms with van der Waals surface area (Å²) in [7, 11) is 0. The van der Waals surface area contributed by atoms with Gasteiger partial charge in [0.15, 0.2) is 0 Å². The predicted molar refractivity (Wildman–Crippen MR) is 81.5 cm³/mol. The first-order chi connectivity index (χ1) is 9.13. The molecular formula is C15H31N3O2. The molecule has 20 heavy (non-hydrogen) atoms. The van der Waals surface area contributed by atoms with E-state index in [1.807, 2.05) is 13.8 Å². The Balaban J connectivity index is 2.54. The smallest absolute Gasteiger partial charge is 0.224 e. The van der Waals surface area contributed by atoms with E-state index in [4.69, 9.17) is 10.5 Å². The molecule has 0 aromatic heterocycles. The van der Waals surface area contributed by atoms with Gasteiger partial charge >= 0.3 is 0 Å². The number of hydrogen-bond donors (Lipinski definition) is 2. The number of morpholine rings is 1.